The minimum Gasteiger partial charge on any atom is -0.376 e. The smallest absolute Gasteiger partial charge is 0.191 e. The Bertz CT molecular complexity index is 412. The highest BCUT2D eigenvalue weighted by Crippen LogP contribution is 2.19. The molecule has 0 spiro atoms. The van der Waals surface area contributed by atoms with Crippen molar-refractivity contribution in [2.45, 2.75) is 58.1 Å². The fourth-order valence-electron chi connectivity index (χ4n) is 2.70. The van der Waals surface area contributed by atoms with E-state index in [1.165, 1.54) is 43.4 Å². The van der Waals surface area contributed by atoms with Gasteiger partial charge in [0, 0.05) is 18.0 Å². The molecule has 1 heterocycles. The SMILES string of the molecule is CCNC(=NCc1cccs1)NCCOC1CCCCCC1. The fraction of sp³-hybridized carbons (Fsp3) is 0.706. The van der Waals surface area contributed by atoms with Crippen LogP contribution in [-0.2, 0) is 11.3 Å². The minimum absolute atomic E-state index is 0.468. The van der Waals surface area contributed by atoms with Gasteiger partial charge in [-0.1, -0.05) is 31.7 Å². The molecule has 0 radical (unpaired) electrons. The number of hydrogen-bond acceptors (Lipinski definition) is 3. The highest BCUT2D eigenvalue weighted by atomic mass is 32.1. The Morgan fingerprint density at radius 2 is 2.09 bits per heavy atom. The van der Waals surface area contributed by atoms with Crippen LogP contribution in [0.2, 0.25) is 0 Å². The molecular weight excluding hydrogens is 294 g/mol. The van der Waals surface area contributed by atoms with Crippen LogP contribution in [0.1, 0.15) is 50.3 Å². The van der Waals surface area contributed by atoms with Gasteiger partial charge in [-0.05, 0) is 31.2 Å². The zero-order valence-electron chi connectivity index (χ0n) is 13.6. The average molecular weight is 324 g/mol. The molecule has 0 aromatic carbocycles. The number of nitrogens with zero attached hydrogens (tertiary/aromatic N) is 1. The van der Waals surface area contributed by atoms with Crippen molar-refractivity contribution in [2.24, 2.45) is 4.99 Å². The summed E-state index contributed by atoms with van der Waals surface area (Å²) < 4.78 is 6.00. The van der Waals surface area contributed by atoms with Crippen molar-refractivity contribution in [3.8, 4) is 0 Å². The van der Waals surface area contributed by atoms with Gasteiger partial charge in [0.2, 0.25) is 0 Å². The molecule has 1 aliphatic carbocycles. The highest BCUT2D eigenvalue weighted by molar-refractivity contribution is 7.09. The van der Waals surface area contributed by atoms with E-state index < -0.39 is 0 Å². The predicted octanol–water partition coefficient (Wildman–Crippen LogP) is 3.54. The van der Waals surface area contributed by atoms with Crippen molar-refractivity contribution in [1.29, 1.82) is 0 Å². The molecule has 0 unspecified atom stereocenters. The molecule has 124 valence electrons. The zero-order valence-corrected chi connectivity index (χ0v) is 14.5. The number of hydrogen-bond donors (Lipinski definition) is 2. The normalized spacial score (nSPS) is 17.2. The standard InChI is InChI=1S/C17H29N3OS/c1-2-18-17(20-14-16-10-7-13-22-16)19-11-12-21-15-8-5-3-4-6-9-15/h7,10,13,15H,2-6,8-9,11-12,14H2,1H3,(H2,18,19,20). The van der Waals surface area contributed by atoms with Crippen molar-refractivity contribution in [1.82, 2.24) is 10.6 Å². The van der Waals surface area contributed by atoms with Crippen LogP contribution in [0.15, 0.2) is 22.5 Å². The molecule has 1 aromatic rings. The minimum atomic E-state index is 0.468. The maximum atomic E-state index is 6.00. The topological polar surface area (TPSA) is 45.7 Å². The molecule has 0 aliphatic heterocycles. The summed E-state index contributed by atoms with van der Waals surface area (Å²) in [4.78, 5) is 5.89. The molecule has 0 bridgehead atoms. The number of ether oxygens (including phenoxy) is 1. The van der Waals surface area contributed by atoms with Crippen molar-refractivity contribution in [2.75, 3.05) is 19.7 Å². The van der Waals surface area contributed by atoms with Gasteiger partial charge in [0.05, 0.1) is 19.3 Å². The van der Waals surface area contributed by atoms with E-state index in [0.717, 1.165) is 32.2 Å². The van der Waals surface area contributed by atoms with E-state index in [1.807, 2.05) is 0 Å². The average Bonchev–Trinajstić information content (AvgIpc) is 2.92. The summed E-state index contributed by atoms with van der Waals surface area (Å²) in [5, 5.41) is 8.73. The number of aliphatic imine (C=N–C) groups is 1. The van der Waals surface area contributed by atoms with Crippen LogP contribution in [0.25, 0.3) is 0 Å². The molecule has 2 N–H and O–H groups in total. The maximum Gasteiger partial charge on any atom is 0.191 e. The monoisotopic (exact) mass is 323 g/mol. The van der Waals surface area contributed by atoms with E-state index in [1.54, 1.807) is 11.3 Å². The van der Waals surface area contributed by atoms with Crippen molar-refractivity contribution < 1.29 is 4.74 Å². The lowest BCUT2D eigenvalue weighted by molar-refractivity contribution is 0.0468. The molecule has 22 heavy (non-hydrogen) atoms. The van der Waals surface area contributed by atoms with Crippen molar-refractivity contribution in [3.63, 3.8) is 0 Å². The first kappa shape index (κ1) is 17.3. The van der Waals surface area contributed by atoms with Crippen molar-refractivity contribution >= 4 is 17.3 Å². The Kier molecular flexibility index (Phi) is 8.35. The van der Waals surface area contributed by atoms with E-state index in [9.17, 15) is 0 Å². The molecule has 1 aliphatic rings. The van der Waals surface area contributed by atoms with Crippen LogP contribution in [0.4, 0.5) is 0 Å². The summed E-state index contributed by atoms with van der Waals surface area (Å²) in [5.41, 5.74) is 0. The lowest BCUT2D eigenvalue weighted by atomic mass is 10.1. The summed E-state index contributed by atoms with van der Waals surface area (Å²) >= 11 is 1.74. The van der Waals surface area contributed by atoms with Gasteiger partial charge in [0.15, 0.2) is 5.96 Å². The van der Waals surface area contributed by atoms with Gasteiger partial charge < -0.3 is 15.4 Å². The van der Waals surface area contributed by atoms with E-state index in [0.29, 0.717) is 6.10 Å². The summed E-state index contributed by atoms with van der Waals surface area (Å²) in [7, 11) is 0. The van der Waals surface area contributed by atoms with E-state index in [4.69, 9.17) is 4.74 Å². The molecule has 0 atom stereocenters. The summed E-state index contributed by atoms with van der Waals surface area (Å²) in [6, 6.07) is 4.18. The molecule has 0 saturated heterocycles. The van der Waals surface area contributed by atoms with E-state index >= 15 is 0 Å². The van der Waals surface area contributed by atoms with Crippen molar-refractivity contribution in [3.05, 3.63) is 22.4 Å². The first-order valence-corrected chi connectivity index (χ1v) is 9.42. The third-order valence-electron chi connectivity index (χ3n) is 3.87. The van der Waals surface area contributed by atoms with E-state index in [-0.39, 0.29) is 0 Å². The summed E-state index contributed by atoms with van der Waals surface area (Å²) in [6.07, 6.45) is 8.32. The van der Waals surface area contributed by atoms with Crippen LogP contribution < -0.4 is 10.6 Å². The van der Waals surface area contributed by atoms with Crippen LogP contribution in [-0.4, -0.2) is 31.8 Å². The largest absolute Gasteiger partial charge is 0.376 e. The van der Waals surface area contributed by atoms with Gasteiger partial charge in [-0.3, -0.25) is 0 Å². The molecule has 2 rings (SSSR count). The third-order valence-corrected chi connectivity index (χ3v) is 4.73. The van der Waals surface area contributed by atoms with Gasteiger partial charge >= 0.3 is 0 Å². The second kappa shape index (κ2) is 10.6. The lowest BCUT2D eigenvalue weighted by Gasteiger charge is -2.16. The fourth-order valence-corrected chi connectivity index (χ4v) is 3.33. The Morgan fingerprint density at radius 1 is 1.27 bits per heavy atom. The Labute approximate surface area is 138 Å². The second-order valence-corrected chi connectivity index (χ2v) is 6.72. The zero-order chi connectivity index (χ0) is 15.5. The van der Waals surface area contributed by atoms with Gasteiger partial charge in [-0.25, -0.2) is 4.99 Å². The second-order valence-electron chi connectivity index (χ2n) is 5.69. The Hall–Kier alpha value is -1.07. The number of thiophene rings is 1. The van der Waals surface area contributed by atoms with Gasteiger partial charge in [0.1, 0.15) is 0 Å². The molecule has 5 heteroatoms. The quantitative estimate of drug-likeness (QED) is 0.349. The van der Waals surface area contributed by atoms with Crippen LogP contribution in [0, 0.1) is 0 Å². The Balaban J connectivity index is 1.66. The first-order valence-electron chi connectivity index (χ1n) is 8.54. The van der Waals surface area contributed by atoms with Gasteiger partial charge in [-0.2, -0.15) is 0 Å². The molecule has 1 saturated carbocycles. The van der Waals surface area contributed by atoms with Gasteiger partial charge in [-0.15, -0.1) is 11.3 Å². The third kappa shape index (κ3) is 6.79. The molecule has 1 aromatic heterocycles. The highest BCUT2D eigenvalue weighted by Gasteiger charge is 2.12. The first-order chi connectivity index (χ1) is 10.9. The molecule has 1 fully saturated rings. The van der Waals surface area contributed by atoms with Crippen LogP contribution in [0.5, 0.6) is 0 Å². The van der Waals surface area contributed by atoms with Crippen LogP contribution >= 0.6 is 11.3 Å². The predicted molar refractivity (Wildman–Crippen MR) is 94.6 cm³/mol. The van der Waals surface area contributed by atoms with Gasteiger partial charge in [0.25, 0.3) is 0 Å². The number of rotatable bonds is 7. The summed E-state index contributed by atoms with van der Waals surface area (Å²) in [5.74, 6) is 0.875. The molecule has 0 amide bonds. The maximum absolute atomic E-state index is 6.00. The van der Waals surface area contributed by atoms with E-state index in [2.05, 4.69) is 40.1 Å². The lowest BCUT2D eigenvalue weighted by Crippen LogP contribution is -2.39. The van der Waals surface area contributed by atoms with Crippen LogP contribution in [0.3, 0.4) is 0 Å². The molecular formula is C17H29N3OS. The number of nitrogens with one attached hydrogen (secondary N) is 2. The Morgan fingerprint density at radius 3 is 2.77 bits per heavy atom. The molecule has 4 nitrogen and oxygen atoms in total. The number of guanidine groups is 1. The summed E-state index contributed by atoms with van der Waals surface area (Å²) in [6.45, 7) is 5.27.